The Kier molecular flexibility index (Phi) is 5.55. The maximum absolute atomic E-state index is 12.4. The molecule has 11 nitrogen and oxygen atoms in total. The van der Waals surface area contributed by atoms with Crippen LogP contribution in [-0.4, -0.2) is 82.6 Å². The van der Waals surface area contributed by atoms with Crippen molar-refractivity contribution in [3.63, 3.8) is 0 Å². The standard InChI is InChI=1S/C15H24N4O7S2/c1-6-11(27-9-3-8(17-5-9)4-18-28(16,25)26)10(13(21)22)19-12(6)15(24,7(2)20)14(19)23/h6-9,12,17-18,20,24H,3-5H2,1-2H3,(H,21,22)(H2,16,25,26)/t6-,7+,8-,9-,12+,15?/m0/s1. The summed E-state index contributed by atoms with van der Waals surface area (Å²) in [6, 6.07) is -0.989. The molecule has 1 unspecified atom stereocenters. The third kappa shape index (κ3) is 3.44. The largest absolute Gasteiger partial charge is 0.477 e. The first-order valence-corrected chi connectivity index (χ1v) is 11.2. The zero-order valence-electron chi connectivity index (χ0n) is 15.3. The number of fused-ring (bicyclic) bond motifs is 1. The number of amides is 1. The zero-order chi connectivity index (χ0) is 21.0. The van der Waals surface area contributed by atoms with E-state index >= 15 is 0 Å². The van der Waals surface area contributed by atoms with E-state index in [0.717, 1.165) is 4.90 Å². The summed E-state index contributed by atoms with van der Waals surface area (Å²) < 4.78 is 24.3. The smallest absolute Gasteiger partial charge is 0.353 e. The van der Waals surface area contributed by atoms with Gasteiger partial charge in [0.15, 0.2) is 5.60 Å². The van der Waals surface area contributed by atoms with Crippen LogP contribution in [0.25, 0.3) is 0 Å². The normalized spacial score (nSPS) is 36.5. The second-order valence-corrected chi connectivity index (χ2v) is 10.1. The molecule has 7 N–H and O–H groups in total. The van der Waals surface area contributed by atoms with Gasteiger partial charge < -0.3 is 20.6 Å². The molecule has 3 heterocycles. The number of carboxylic acid groups (broad SMARTS) is 1. The zero-order valence-corrected chi connectivity index (χ0v) is 17.0. The quantitative estimate of drug-likeness (QED) is 0.235. The number of aliphatic hydroxyl groups excluding tert-OH is 1. The average Bonchev–Trinajstić information content (AvgIpc) is 3.13. The molecule has 0 aromatic rings. The summed E-state index contributed by atoms with van der Waals surface area (Å²) in [5.41, 5.74) is -2.16. The van der Waals surface area contributed by atoms with Crippen LogP contribution < -0.4 is 15.2 Å². The van der Waals surface area contributed by atoms with Crippen molar-refractivity contribution in [1.82, 2.24) is 14.9 Å². The number of aliphatic carboxylic acids is 1. The number of hydrogen-bond donors (Lipinski definition) is 6. The minimum Gasteiger partial charge on any atom is -0.477 e. The maximum atomic E-state index is 12.4. The fourth-order valence-electron chi connectivity index (χ4n) is 4.12. The summed E-state index contributed by atoms with van der Waals surface area (Å²) in [6.45, 7) is 3.66. The van der Waals surface area contributed by atoms with E-state index in [-0.39, 0.29) is 23.5 Å². The van der Waals surface area contributed by atoms with Crippen molar-refractivity contribution in [2.24, 2.45) is 11.1 Å². The second kappa shape index (κ2) is 7.23. The lowest BCUT2D eigenvalue weighted by molar-refractivity contribution is -0.208. The van der Waals surface area contributed by atoms with Crippen LogP contribution in [-0.2, 0) is 19.8 Å². The summed E-state index contributed by atoms with van der Waals surface area (Å²) >= 11 is 1.30. The van der Waals surface area contributed by atoms with Gasteiger partial charge in [0.25, 0.3) is 16.1 Å². The molecule has 0 aliphatic carbocycles. The van der Waals surface area contributed by atoms with Crippen LogP contribution in [0.1, 0.15) is 20.3 Å². The van der Waals surface area contributed by atoms with E-state index in [1.807, 2.05) is 0 Å². The van der Waals surface area contributed by atoms with E-state index in [9.17, 15) is 33.3 Å². The molecule has 0 radical (unpaired) electrons. The molecule has 2 fully saturated rings. The van der Waals surface area contributed by atoms with Crippen LogP contribution in [0, 0.1) is 5.92 Å². The van der Waals surface area contributed by atoms with E-state index in [2.05, 4.69) is 10.0 Å². The number of aliphatic hydroxyl groups is 2. The number of nitrogens with one attached hydrogen (secondary N) is 2. The molecular formula is C15H24N4O7S2. The fourth-order valence-corrected chi connectivity index (χ4v) is 6.06. The molecule has 13 heteroatoms. The number of hydrogen-bond acceptors (Lipinski definition) is 8. The van der Waals surface area contributed by atoms with E-state index in [1.54, 1.807) is 6.92 Å². The van der Waals surface area contributed by atoms with E-state index < -0.39 is 45.8 Å². The van der Waals surface area contributed by atoms with E-state index in [4.69, 9.17) is 5.14 Å². The van der Waals surface area contributed by atoms with Gasteiger partial charge in [-0.2, -0.15) is 8.42 Å². The molecular weight excluding hydrogens is 412 g/mol. The average molecular weight is 437 g/mol. The summed E-state index contributed by atoms with van der Waals surface area (Å²) in [5.74, 6) is -2.54. The second-order valence-electron chi connectivity index (χ2n) is 7.40. The molecule has 0 saturated carbocycles. The van der Waals surface area contributed by atoms with Gasteiger partial charge in [-0.1, -0.05) is 6.92 Å². The number of carboxylic acids is 1. The summed E-state index contributed by atoms with van der Waals surface area (Å²) in [4.78, 5) is 25.7. The number of carbonyl (C=O) groups is 2. The molecule has 0 aromatic heterocycles. The van der Waals surface area contributed by atoms with Crippen molar-refractivity contribution in [2.45, 2.75) is 49.3 Å². The lowest BCUT2D eigenvalue weighted by Crippen LogP contribution is -2.77. The number of nitrogens with two attached hydrogens (primary N) is 1. The summed E-state index contributed by atoms with van der Waals surface area (Å²) in [5, 5.41) is 38.1. The van der Waals surface area contributed by atoms with Gasteiger partial charge in [-0.25, -0.2) is 14.7 Å². The number of nitrogens with zero attached hydrogens (tertiary/aromatic N) is 1. The highest BCUT2D eigenvalue weighted by Crippen LogP contribution is 2.53. The maximum Gasteiger partial charge on any atom is 0.353 e. The van der Waals surface area contributed by atoms with Crippen molar-refractivity contribution in [3.8, 4) is 0 Å². The van der Waals surface area contributed by atoms with Crippen LogP contribution in [0.15, 0.2) is 10.6 Å². The van der Waals surface area contributed by atoms with Crippen molar-refractivity contribution < 1.29 is 33.3 Å². The van der Waals surface area contributed by atoms with E-state index in [0.29, 0.717) is 17.9 Å². The highest BCUT2D eigenvalue weighted by atomic mass is 32.2. The lowest BCUT2D eigenvalue weighted by atomic mass is 9.74. The molecule has 3 rings (SSSR count). The number of carbonyl (C=O) groups excluding carboxylic acids is 1. The number of β-lactam (4-membered cyclic amide) rings is 1. The summed E-state index contributed by atoms with van der Waals surface area (Å²) in [6.07, 6.45) is -0.764. The van der Waals surface area contributed by atoms with Crippen LogP contribution in [0.3, 0.4) is 0 Å². The molecule has 1 amide bonds. The Morgan fingerprint density at radius 1 is 1.54 bits per heavy atom. The minimum absolute atomic E-state index is 0.0486. The first-order valence-electron chi connectivity index (χ1n) is 8.76. The highest BCUT2D eigenvalue weighted by molar-refractivity contribution is 8.03. The molecule has 0 bridgehead atoms. The molecule has 3 aliphatic heterocycles. The van der Waals surface area contributed by atoms with Gasteiger partial charge >= 0.3 is 5.97 Å². The van der Waals surface area contributed by atoms with Crippen molar-refractivity contribution in [1.29, 1.82) is 0 Å². The molecule has 0 aromatic carbocycles. The minimum atomic E-state index is -3.79. The molecule has 3 aliphatic rings. The van der Waals surface area contributed by atoms with Gasteiger partial charge in [0.05, 0.1) is 12.1 Å². The van der Waals surface area contributed by atoms with Crippen LogP contribution >= 0.6 is 11.8 Å². The predicted molar refractivity (Wildman–Crippen MR) is 100.0 cm³/mol. The van der Waals surface area contributed by atoms with E-state index in [1.165, 1.54) is 18.7 Å². The number of rotatable bonds is 7. The monoisotopic (exact) mass is 436 g/mol. The SMILES string of the molecule is C[C@H]1C(S[C@@H]2CN[C@H](CNS(N)(=O)=O)C2)=C(C(=O)O)N2C(=O)C(O)([C@@H](C)O)[C@@H]12. The third-order valence-electron chi connectivity index (χ3n) is 5.50. The fraction of sp³-hybridized carbons (Fsp3) is 0.733. The Hall–Kier alpha value is -1.22. The lowest BCUT2D eigenvalue weighted by Gasteiger charge is -2.52. The van der Waals surface area contributed by atoms with Gasteiger partial charge in [-0.15, -0.1) is 11.8 Å². The van der Waals surface area contributed by atoms with Gasteiger partial charge in [0.2, 0.25) is 0 Å². The van der Waals surface area contributed by atoms with Gasteiger partial charge in [-0.05, 0) is 13.3 Å². The Balaban J connectivity index is 1.75. The van der Waals surface area contributed by atoms with Crippen molar-refractivity contribution in [2.75, 3.05) is 13.1 Å². The van der Waals surface area contributed by atoms with Gasteiger partial charge in [-0.3, -0.25) is 9.69 Å². The Bertz CT molecular complexity index is 830. The summed E-state index contributed by atoms with van der Waals surface area (Å²) in [7, 11) is -3.79. The number of thioether (sulfide) groups is 1. The predicted octanol–water partition coefficient (Wildman–Crippen LogP) is -2.49. The third-order valence-corrected chi connectivity index (χ3v) is 7.58. The Morgan fingerprint density at radius 3 is 2.71 bits per heavy atom. The molecule has 0 spiro atoms. The topological polar surface area (TPSA) is 182 Å². The van der Waals surface area contributed by atoms with Crippen LogP contribution in [0.5, 0.6) is 0 Å². The first kappa shape index (κ1) is 21.5. The Labute approximate surface area is 166 Å². The molecule has 28 heavy (non-hydrogen) atoms. The molecule has 2 saturated heterocycles. The molecule has 158 valence electrons. The van der Waals surface area contributed by atoms with Gasteiger partial charge in [0, 0.05) is 35.2 Å². The van der Waals surface area contributed by atoms with Crippen LogP contribution in [0.4, 0.5) is 0 Å². The first-order chi connectivity index (χ1) is 12.9. The molecule has 6 atom stereocenters. The van der Waals surface area contributed by atoms with Crippen LogP contribution in [0.2, 0.25) is 0 Å². The Morgan fingerprint density at radius 2 is 2.18 bits per heavy atom. The highest BCUT2D eigenvalue weighted by Gasteiger charge is 2.69. The van der Waals surface area contributed by atoms with Gasteiger partial charge in [0.1, 0.15) is 5.70 Å². The van der Waals surface area contributed by atoms with Crippen molar-refractivity contribution in [3.05, 3.63) is 10.6 Å². The van der Waals surface area contributed by atoms with Crippen molar-refractivity contribution >= 4 is 33.8 Å².